The number of halogens is 1. The number of hydrogen-bond donors (Lipinski definition) is 1. The van der Waals surface area contributed by atoms with Gasteiger partial charge in [-0.1, -0.05) is 6.92 Å². The maximum absolute atomic E-state index is 4.52. The minimum atomic E-state index is 0. The Labute approximate surface area is 133 Å². The third-order valence-corrected chi connectivity index (χ3v) is 3.27. The fourth-order valence-corrected chi connectivity index (χ4v) is 2.41. The van der Waals surface area contributed by atoms with E-state index in [9.17, 15) is 0 Å². The van der Waals surface area contributed by atoms with Gasteiger partial charge in [-0.3, -0.25) is 9.36 Å². The Hall–Kier alpha value is -1.33. The highest BCUT2D eigenvalue weighted by molar-refractivity contribution is 5.85. The molecular weight excluding hydrogens is 286 g/mol. The predicted molar refractivity (Wildman–Crippen MR) is 87.7 cm³/mol. The summed E-state index contributed by atoms with van der Waals surface area (Å²) in [5.74, 6) is 0. The summed E-state index contributed by atoms with van der Waals surface area (Å²) in [6.45, 7) is 11.2. The summed E-state index contributed by atoms with van der Waals surface area (Å²) in [6.07, 6.45) is 2.97. The molecule has 0 aliphatic rings. The fraction of sp³-hybridized carbons (Fsp3) is 0.600. The quantitative estimate of drug-likeness (QED) is 0.855. The lowest BCUT2D eigenvalue weighted by atomic mass is 10.3. The highest BCUT2D eigenvalue weighted by atomic mass is 35.5. The lowest BCUT2D eigenvalue weighted by Gasteiger charge is -2.12. The molecule has 0 spiro atoms. The van der Waals surface area contributed by atoms with Crippen molar-refractivity contribution >= 4 is 12.4 Å². The Bertz CT molecular complexity index is 544. The van der Waals surface area contributed by atoms with Crippen molar-refractivity contribution in [2.45, 2.75) is 59.8 Å². The normalized spacial score (nSPS) is 10.9. The van der Waals surface area contributed by atoms with Crippen LogP contribution in [-0.4, -0.2) is 19.6 Å². The van der Waals surface area contributed by atoms with Gasteiger partial charge < -0.3 is 5.32 Å². The van der Waals surface area contributed by atoms with E-state index in [1.807, 2.05) is 13.1 Å². The van der Waals surface area contributed by atoms with E-state index < -0.39 is 0 Å². The van der Waals surface area contributed by atoms with Crippen LogP contribution >= 0.6 is 12.4 Å². The van der Waals surface area contributed by atoms with Gasteiger partial charge in [-0.2, -0.15) is 10.2 Å². The lowest BCUT2D eigenvalue weighted by Crippen LogP contribution is -2.19. The summed E-state index contributed by atoms with van der Waals surface area (Å²) < 4.78 is 4.16. The molecule has 2 heterocycles. The first-order valence-electron chi connectivity index (χ1n) is 7.38. The Kier molecular flexibility index (Phi) is 6.92. The summed E-state index contributed by atoms with van der Waals surface area (Å²) >= 11 is 0. The summed E-state index contributed by atoms with van der Waals surface area (Å²) in [7, 11) is 0. The van der Waals surface area contributed by atoms with E-state index >= 15 is 0 Å². The predicted octanol–water partition coefficient (Wildman–Crippen LogP) is 3.09. The third-order valence-electron chi connectivity index (χ3n) is 3.27. The first kappa shape index (κ1) is 17.7. The van der Waals surface area contributed by atoms with Crippen molar-refractivity contribution in [2.75, 3.05) is 0 Å². The van der Waals surface area contributed by atoms with Crippen molar-refractivity contribution in [1.82, 2.24) is 24.9 Å². The minimum Gasteiger partial charge on any atom is -0.306 e. The molecule has 0 radical (unpaired) electrons. The molecule has 2 aromatic rings. The number of aryl methyl sites for hydroxylation is 2. The monoisotopic (exact) mass is 311 g/mol. The number of nitrogens with zero attached hydrogens (tertiary/aromatic N) is 4. The highest BCUT2D eigenvalue weighted by Crippen LogP contribution is 2.09. The van der Waals surface area contributed by atoms with Gasteiger partial charge in [0.05, 0.1) is 17.1 Å². The Morgan fingerprint density at radius 3 is 2.62 bits per heavy atom. The largest absolute Gasteiger partial charge is 0.306 e. The van der Waals surface area contributed by atoms with E-state index in [4.69, 9.17) is 0 Å². The van der Waals surface area contributed by atoms with Gasteiger partial charge in [0.15, 0.2) is 0 Å². The SMILES string of the molecule is CCCn1nc(C)cc1CNCc1ccnn1C(C)C.Cl. The lowest BCUT2D eigenvalue weighted by molar-refractivity contribution is 0.489. The molecule has 0 amide bonds. The molecule has 2 rings (SSSR count). The third kappa shape index (κ3) is 4.58. The molecule has 0 bridgehead atoms. The molecule has 1 N–H and O–H groups in total. The first-order chi connectivity index (χ1) is 9.61. The van der Waals surface area contributed by atoms with Crippen molar-refractivity contribution in [3.63, 3.8) is 0 Å². The summed E-state index contributed by atoms with van der Waals surface area (Å²) in [4.78, 5) is 0. The van der Waals surface area contributed by atoms with E-state index in [0.29, 0.717) is 6.04 Å². The van der Waals surface area contributed by atoms with Gasteiger partial charge >= 0.3 is 0 Å². The second-order valence-electron chi connectivity index (χ2n) is 5.46. The first-order valence-corrected chi connectivity index (χ1v) is 7.38. The Morgan fingerprint density at radius 2 is 1.95 bits per heavy atom. The topological polar surface area (TPSA) is 47.7 Å². The molecule has 0 unspecified atom stereocenters. The number of rotatable bonds is 7. The van der Waals surface area contributed by atoms with Crippen molar-refractivity contribution in [1.29, 1.82) is 0 Å². The number of aromatic nitrogens is 4. The van der Waals surface area contributed by atoms with Crippen LogP contribution in [0.3, 0.4) is 0 Å². The van der Waals surface area contributed by atoms with E-state index in [1.54, 1.807) is 0 Å². The molecule has 2 aromatic heterocycles. The molecule has 0 fully saturated rings. The van der Waals surface area contributed by atoms with Crippen LogP contribution in [0.4, 0.5) is 0 Å². The van der Waals surface area contributed by atoms with Crippen molar-refractivity contribution in [3.05, 3.63) is 35.4 Å². The smallest absolute Gasteiger partial charge is 0.0597 e. The van der Waals surface area contributed by atoms with Crippen LogP contribution in [0.5, 0.6) is 0 Å². The van der Waals surface area contributed by atoms with E-state index in [1.165, 1.54) is 11.4 Å². The van der Waals surface area contributed by atoms with Crippen LogP contribution in [0.1, 0.15) is 50.3 Å². The van der Waals surface area contributed by atoms with Gasteiger partial charge in [0.25, 0.3) is 0 Å². The van der Waals surface area contributed by atoms with Gasteiger partial charge in [0.1, 0.15) is 0 Å². The zero-order chi connectivity index (χ0) is 14.5. The molecule has 0 saturated carbocycles. The highest BCUT2D eigenvalue weighted by Gasteiger charge is 2.07. The van der Waals surface area contributed by atoms with Crippen LogP contribution in [0.25, 0.3) is 0 Å². The van der Waals surface area contributed by atoms with Gasteiger partial charge in [-0.15, -0.1) is 12.4 Å². The van der Waals surface area contributed by atoms with Gasteiger partial charge in [0.2, 0.25) is 0 Å². The molecule has 0 aliphatic heterocycles. The zero-order valence-electron chi connectivity index (χ0n) is 13.3. The standard InChI is InChI=1S/C15H25N5.ClH/c1-5-8-19-15(9-13(4)18-19)11-16-10-14-6-7-17-20(14)12(2)3;/h6-7,9,12,16H,5,8,10-11H2,1-4H3;1H. The average Bonchev–Trinajstić information content (AvgIpc) is 2.97. The van der Waals surface area contributed by atoms with Crippen molar-refractivity contribution in [2.24, 2.45) is 0 Å². The van der Waals surface area contributed by atoms with E-state index in [2.05, 4.69) is 57.8 Å². The maximum Gasteiger partial charge on any atom is 0.0597 e. The molecule has 118 valence electrons. The molecule has 21 heavy (non-hydrogen) atoms. The molecule has 0 atom stereocenters. The molecule has 0 aromatic carbocycles. The summed E-state index contributed by atoms with van der Waals surface area (Å²) in [6, 6.07) is 4.62. The van der Waals surface area contributed by atoms with Crippen LogP contribution in [0.15, 0.2) is 18.3 Å². The average molecular weight is 312 g/mol. The van der Waals surface area contributed by atoms with Gasteiger partial charge in [0, 0.05) is 31.9 Å². The maximum atomic E-state index is 4.52. The minimum absolute atomic E-state index is 0. The second kappa shape index (κ2) is 8.20. The van der Waals surface area contributed by atoms with E-state index in [0.717, 1.165) is 31.7 Å². The van der Waals surface area contributed by atoms with Crippen molar-refractivity contribution in [3.8, 4) is 0 Å². The molecular formula is C15H26ClN5. The number of nitrogens with one attached hydrogen (secondary N) is 1. The molecule has 5 nitrogen and oxygen atoms in total. The summed E-state index contributed by atoms with van der Waals surface area (Å²) in [5.41, 5.74) is 3.56. The van der Waals surface area contributed by atoms with Crippen LogP contribution in [-0.2, 0) is 19.6 Å². The van der Waals surface area contributed by atoms with Gasteiger partial charge in [-0.25, -0.2) is 0 Å². The zero-order valence-corrected chi connectivity index (χ0v) is 14.2. The second-order valence-corrected chi connectivity index (χ2v) is 5.46. The van der Waals surface area contributed by atoms with Crippen LogP contribution in [0, 0.1) is 6.92 Å². The fourth-order valence-electron chi connectivity index (χ4n) is 2.41. The molecule has 0 aliphatic carbocycles. The van der Waals surface area contributed by atoms with Crippen LogP contribution in [0.2, 0.25) is 0 Å². The van der Waals surface area contributed by atoms with Crippen LogP contribution < -0.4 is 5.32 Å². The molecule has 6 heteroatoms. The summed E-state index contributed by atoms with van der Waals surface area (Å²) in [5, 5.41) is 12.4. The number of hydrogen-bond acceptors (Lipinski definition) is 3. The Balaban J connectivity index is 0.00000220. The van der Waals surface area contributed by atoms with Gasteiger partial charge in [-0.05, 0) is 39.3 Å². The van der Waals surface area contributed by atoms with Crippen molar-refractivity contribution < 1.29 is 0 Å². The Morgan fingerprint density at radius 1 is 1.24 bits per heavy atom. The van der Waals surface area contributed by atoms with E-state index in [-0.39, 0.29) is 12.4 Å². The molecule has 0 saturated heterocycles.